The fourth-order valence-electron chi connectivity index (χ4n) is 4.22. The summed E-state index contributed by atoms with van der Waals surface area (Å²) in [6.07, 6.45) is 7.79. The molecule has 3 unspecified atom stereocenters. The molecule has 0 spiro atoms. The van der Waals surface area contributed by atoms with E-state index >= 15 is 0 Å². The van der Waals surface area contributed by atoms with Gasteiger partial charge in [-0.05, 0) is 44.4 Å². The fraction of sp³-hybridized carbons (Fsp3) is 0.867. The van der Waals surface area contributed by atoms with Gasteiger partial charge in [-0.25, -0.2) is 0 Å². The molecule has 0 aromatic rings. The Hall–Kier alpha value is -0.860. The molecule has 3 nitrogen and oxygen atoms in total. The predicted octanol–water partition coefficient (Wildman–Crippen LogP) is 2.39. The maximum atomic E-state index is 12.6. The molecule has 0 aromatic heterocycles. The third kappa shape index (κ3) is 2.08. The Morgan fingerprint density at radius 2 is 1.72 bits per heavy atom. The quantitative estimate of drug-likeness (QED) is 0.770. The maximum Gasteiger partial charge on any atom is 0.226 e. The first kappa shape index (κ1) is 12.2. The average Bonchev–Trinajstić information content (AvgIpc) is 2.90. The van der Waals surface area contributed by atoms with Gasteiger partial charge in [0.15, 0.2) is 0 Å². The van der Waals surface area contributed by atoms with Gasteiger partial charge in [-0.15, -0.1) is 0 Å². The molecule has 3 fully saturated rings. The van der Waals surface area contributed by atoms with Crippen molar-refractivity contribution in [3.63, 3.8) is 0 Å². The van der Waals surface area contributed by atoms with Crippen LogP contribution >= 0.6 is 0 Å². The first-order valence-corrected chi connectivity index (χ1v) is 7.48. The highest BCUT2D eigenvalue weighted by atomic mass is 16.2. The molecule has 1 heterocycles. The van der Waals surface area contributed by atoms with Crippen molar-refractivity contribution < 1.29 is 9.59 Å². The number of Topliss-reactive ketones (excluding diaryl/α,β-unsaturated/α-hetero) is 1. The molecule has 0 radical (unpaired) electrons. The largest absolute Gasteiger partial charge is 0.339 e. The van der Waals surface area contributed by atoms with Crippen molar-refractivity contribution in [2.24, 2.45) is 17.8 Å². The van der Waals surface area contributed by atoms with Crippen molar-refractivity contribution >= 4 is 11.7 Å². The number of nitrogens with zero attached hydrogens (tertiary/aromatic N) is 1. The van der Waals surface area contributed by atoms with E-state index in [9.17, 15) is 9.59 Å². The molecule has 0 N–H and O–H groups in total. The van der Waals surface area contributed by atoms with E-state index in [1.54, 1.807) is 6.92 Å². The Morgan fingerprint density at radius 1 is 1.06 bits per heavy atom. The van der Waals surface area contributed by atoms with Crippen LogP contribution in [0, 0.1) is 17.8 Å². The molecule has 1 amide bonds. The fourth-order valence-corrected chi connectivity index (χ4v) is 4.22. The number of carbonyl (C=O) groups excluding carboxylic acids is 2. The molecule has 100 valence electrons. The van der Waals surface area contributed by atoms with E-state index in [4.69, 9.17) is 0 Å². The lowest BCUT2D eigenvalue weighted by atomic mass is 10.0. The summed E-state index contributed by atoms with van der Waals surface area (Å²) in [5.74, 6) is 2.28. The highest BCUT2D eigenvalue weighted by molar-refractivity contribution is 5.84. The smallest absolute Gasteiger partial charge is 0.226 e. The van der Waals surface area contributed by atoms with Gasteiger partial charge in [-0.3, -0.25) is 9.59 Å². The number of rotatable bonds is 3. The molecule has 3 rings (SSSR count). The normalized spacial score (nSPS) is 38.4. The molecule has 1 saturated heterocycles. The van der Waals surface area contributed by atoms with Crippen molar-refractivity contribution in [2.45, 2.75) is 57.9 Å². The van der Waals surface area contributed by atoms with Gasteiger partial charge in [0.05, 0.1) is 0 Å². The SMILES string of the molecule is CC(=O)CC1CCCN1C(=O)C1C2CCCCC21. The van der Waals surface area contributed by atoms with Crippen LogP contribution in [0.25, 0.3) is 0 Å². The molecular formula is C15H23NO2. The minimum atomic E-state index is 0.206. The van der Waals surface area contributed by atoms with Crippen LogP contribution in [0.2, 0.25) is 0 Å². The third-order valence-electron chi connectivity index (χ3n) is 5.12. The predicted molar refractivity (Wildman–Crippen MR) is 69.0 cm³/mol. The summed E-state index contributed by atoms with van der Waals surface area (Å²) in [6, 6.07) is 0.206. The Balaban J connectivity index is 1.63. The van der Waals surface area contributed by atoms with Gasteiger partial charge in [0.2, 0.25) is 5.91 Å². The maximum absolute atomic E-state index is 12.6. The number of hydrogen-bond acceptors (Lipinski definition) is 2. The number of hydrogen-bond donors (Lipinski definition) is 0. The van der Waals surface area contributed by atoms with Gasteiger partial charge < -0.3 is 4.90 Å². The lowest BCUT2D eigenvalue weighted by Crippen LogP contribution is -2.38. The van der Waals surface area contributed by atoms with E-state index in [-0.39, 0.29) is 11.8 Å². The van der Waals surface area contributed by atoms with E-state index in [0.29, 0.717) is 30.1 Å². The molecule has 3 aliphatic rings. The van der Waals surface area contributed by atoms with Gasteiger partial charge in [0, 0.05) is 24.9 Å². The molecule has 0 aromatic carbocycles. The van der Waals surface area contributed by atoms with Gasteiger partial charge in [0.25, 0.3) is 0 Å². The number of fused-ring (bicyclic) bond motifs is 1. The van der Waals surface area contributed by atoms with Gasteiger partial charge in [0.1, 0.15) is 5.78 Å². The number of likely N-dealkylation sites (tertiary alicyclic amines) is 1. The highest BCUT2D eigenvalue weighted by Gasteiger charge is 2.56. The van der Waals surface area contributed by atoms with Crippen LogP contribution in [0.15, 0.2) is 0 Å². The number of carbonyl (C=O) groups is 2. The lowest BCUT2D eigenvalue weighted by molar-refractivity contribution is -0.134. The average molecular weight is 249 g/mol. The number of amides is 1. The molecule has 2 saturated carbocycles. The first-order chi connectivity index (χ1) is 8.68. The third-order valence-corrected chi connectivity index (χ3v) is 5.12. The zero-order valence-electron chi connectivity index (χ0n) is 11.2. The molecule has 1 aliphatic heterocycles. The van der Waals surface area contributed by atoms with Crippen molar-refractivity contribution in [1.29, 1.82) is 0 Å². The van der Waals surface area contributed by atoms with Gasteiger partial charge in [-0.1, -0.05) is 12.8 Å². The minimum Gasteiger partial charge on any atom is -0.339 e. The van der Waals surface area contributed by atoms with E-state index in [1.807, 2.05) is 4.90 Å². The molecule has 18 heavy (non-hydrogen) atoms. The Kier molecular flexibility index (Phi) is 3.16. The van der Waals surface area contributed by atoms with E-state index < -0.39 is 0 Å². The second kappa shape index (κ2) is 4.67. The van der Waals surface area contributed by atoms with Crippen LogP contribution in [0.1, 0.15) is 51.9 Å². The van der Waals surface area contributed by atoms with E-state index in [2.05, 4.69) is 0 Å². The highest BCUT2D eigenvalue weighted by Crippen LogP contribution is 2.56. The summed E-state index contributed by atoms with van der Waals surface area (Å²) < 4.78 is 0. The van der Waals surface area contributed by atoms with Crippen LogP contribution in [0.4, 0.5) is 0 Å². The Morgan fingerprint density at radius 3 is 2.33 bits per heavy atom. The summed E-state index contributed by atoms with van der Waals surface area (Å²) in [4.78, 5) is 25.9. The van der Waals surface area contributed by atoms with Crippen LogP contribution in [0.5, 0.6) is 0 Å². The topological polar surface area (TPSA) is 37.4 Å². The van der Waals surface area contributed by atoms with Crippen LogP contribution in [0.3, 0.4) is 0 Å². The van der Waals surface area contributed by atoms with Crippen molar-refractivity contribution in [3.05, 3.63) is 0 Å². The zero-order chi connectivity index (χ0) is 12.7. The van der Waals surface area contributed by atoms with E-state index in [0.717, 1.165) is 19.4 Å². The first-order valence-electron chi connectivity index (χ1n) is 7.48. The van der Waals surface area contributed by atoms with Crippen LogP contribution < -0.4 is 0 Å². The summed E-state index contributed by atoms with van der Waals surface area (Å²) in [7, 11) is 0. The molecule has 3 atom stereocenters. The number of ketones is 1. The van der Waals surface area contributed by atoms with Gasteiger partial charge >= 0.3 is 0 Å². The standard InChI is InChI=1S/C15H23NO2/c1-10(17)9-11-5-4-8-16(11)15(18)14-12-6-2-3-7-13(12)14/h11-14H,2-9H2,1H3. The molecular weight excluding hydrogens is 226 g/mol. The Labute approximate surface area is 109 Å². The summed E-state index contributed by atoms with van der Waals surface area (Å²) in [5, 5.41) is 0. The monoisotopic (exact) mass is 249 g/mol. The van der Waals surface area contributed by atoms with Gasteiger partial charge in [-0.2, -0.15) is 0 Å². The van der Waals surface area contributed by atoms with Crippen LogP contribution in [-0.4, -0.2) is 29.2 Å². The summed E-state index contributed by atoms with van der Waals surface area (Å²) in [5.41, 5.74) is 0. The van der Waals surface area contributed by atoms with Crippen molar-refractivity contribution in [2.75, 3.05) is 6.54 Å². The summed E-state index contributed by atoms with van der Waals surface area (Å²) >= 11 is 0. The molecule has 2 aliphatic carbocycles. The summed E-state index contributed by atoms with van der Waals surface area (Å²) in [6.45, 7) is 2.52. The Bertz CT molecular complexity index is 354. The second-order valence-electron chi connectivity index (χ2n) is 6.37. The van der Waals surface area contributed by atoms with Crippen LogP contribution in [-0.2, 0) is 9.59 Å². The van der Waals surface area contributed by atoms with E-state index in [1.165, 1.54) is 25.7 Å². The molecule has 3 heteroatoms. The minimum absolute atomic E-state index is 0.206. The zero-order valence-corrected chi connectivity index (χ0v) is 11.2. The van der Waals surface area contributed by atoms with Crippen molar-refractivity contribution in [1.82, 2.24) is 4.90 Å². The lowest BCUT2D eigenvalue weighted by Gasteiger charge is -2.24. The molecule has 0 bridgehead atoms. The second-order valence-corrected chi connectivity index (χ2v) is 6.37. The van der Waals surface area contributed by atoms with Crippen molar-refractivity contribution in [3.8, 4) is 0 Å².